The van der Waals surface area contributed by atoms with Crippen LogP contribution >= 0.6 is 0 Å². The SMILES string of the molecule is [CH]1CN[C@@H]2Cc3c[nH]c4cccc(c34)C2C1. The van der Waals surface area contributed by atoms with E-state index in [1.807, 2.05) is 0 Å². The number of aromatic amines is 1. The second-order valence-electron chi connectivity index (χ2n) is 4.93. The fourth-order valence-corrected chi connectivity index (χ4v) is 3.36. The Hall–Kier alpha value is -1.28. The van der Waals surface area contributed by atoms with Crippen LogP contribution in [0.2, 0.25) is 0 Å². The van der Waals surface area contributed by atoms with Crippen molar-refractivity contribution in [3.05, 3.63) is 41.9 Å². The molecule has 1 saturated heterocycles. The molecule has 81 valence electrons. The Kier molecular flexibility index (Phi) is 1.71. The van der Waals surface area contributed by atoms with E-state index in [0.29, 0.717) is 12.0 Å². The zero-order valence-electron chi connectivity index (χ0n) is 9.16. The van der Waals surface area contributed by atoms with E-state index in [1.54, 1.807) is 0 Å². The summed E-state index contributed by atoms with van der Waals surface area (Å²) in [5.74, 6) is 0.681. The van der Waals surface area contributed by atoms with Crippen LogP contribution in [0, 0.1) is 6.42 Å². The first-order chi connectivity index (χ1) is 7.93. The van der Waals surface area contributed by atoms with Gasteiger partial charge in [0.25, 0.3) is 0 Å². The summed E-state index contributed by atoms with van der Waals surface area (Å²) in [6.07, 6.45) is 6.96. The molecule has 16 heavy (non-hydrogen) atoms. The van der Waals surface area contributed by atoms with E-state index in [-0.39, 0.29) is 0 Å². The molecule has 0 spiro atoms. The summed E-state index contributed by atoms with van der Waals surface area (Å²) < 4.78 is 0. The molecule has 2 atom stereocenters. The van der Waals surface area contributed by atoms with Crippen LogP contribution in [0.3, 0.4) is 0 Å². The number of rotatable bonds is 0. The molecule has 1 aliphatic heterocycles. The summed E-state index contributed by atoms with van der Waals surface area (Å²) in [7, 11) is 0. The second-order valence-corrected chi connectivity index (χ2v) is 4.93. The van der Waals surface area contributed by atoms with Crippen LogP contribution in [0.4, 0.5) is 0 Å². The van der Waals surface area contributed by atoms with E-state index in [0.717, 1.165) is 6.54 Å². The summed E-state index contributed by atoms with van der Waals surface area (Å²) in [4.78, 5) is 3.39. The minimum Gasteiger partial charge on any atom is -0.361 e. The maximum Gasteiger partial charge on any atom is 0.0459 e. The monoisotopic (exact) mass is 211 g/mol. The van der Waals surface area contributed by atoms with Crippen molar-refractivity contribution >= 4 is 10.9 Å². The number of piperidine rings is 1. The average molecular weight is 211 g/mol. The molecule has 1 aromatic carbocycles. The highest BCUT2D eigenvalue weighted by molar-refractivity contribution is 5.88. The van der Waals surface area contributed by atoms with Crippen molar-refractivity contribution in [2.45, 2.75) is 24.8 Å². The van der Waals surface area contributed by atoms with Crippen LogP contribution in [0.25, 0.3) is 10.9 Å². The summed E-state index contributed by atoms with van der Waals surface area (Å²) in [6, 6.07) is 7.30. The first-order valence-electron chi connectivity index (χ1n) is 6.07. The van der Waals surface area contributed by atoms with Gasteiger partial charge in [-0.2, -0.15) is 0 Å². The van der Waals surface area contributed by atoms with Gasteiger partial charge in [0.05, 0.1) is 0 Å². The molecule has 4 rings (SSSR count). The smallest absolute Gasteiger partial charge is 0.0459 e. The standard InChI is InChI=1S/C14H15N2/c1-3-11-10-4-2-6-15-13(10)7-9-8-16-12(5-1)14(9)11/h1-3,5,8,10,13,15-16H,4,6-7H2/t10?,13-/m1/s1. The molecule has 2 N–H and O–H groups in total. The molecule has 0 saturated carbocycles. The quantitative estimate of drug-likeness (QED) is 0.688. The number of aromatic nitrogens is 1. The predicted molar refractivity (Wildman–Crippen MR) is 65.5 cm³/mol. The molecule has 1 aliphatic carbocycles. The normalized spacial score (nSPS) is 28.0. The summed E-state index contributed by atoms with van der Waals surface area (Å²) in [6.45, 7) is 1.07. The number of hydrogen-bond donors (Lipinski definition) is 2. The van der Waals surface area contributed by atoms with E-state index in [9.17, 15) is 0 Å². The van der Waals surface area contributed by atoms with Gasteiger partial charge < -0.3 is 10.3 Å². The van der Waals surface area contributed by atoms with E-state index in [2.05, 4.69) is 41.1 Å². The van der Waals surface area contributed by atoms with Crippen LogP contribution in [-0.4, -0.2) is 17.6 Å². The largest absolute Gasteiger partial charge is 0.361 e. The van der Waals surface area contributed by atoms with Gasteiger partial charge in [-0.3, -0.25) is 0 Å². The van der Waals surface area contributed by atoms with Crippen LogP contribution < -0.4 is 5.32 Å². The first-order valence-corrected chi connectivity index (χ1v) is 6.07. The van der Waals surface area contributed by atoms with Gasteiger partial charge in [0, 0.05) is 29.1 Å². The molecule has 0 amide bonds. The topological polar surface area (TPSA) is 27.8 Å². The second kappa shape index (κ2) is 3.11. The van der Waals surface area contributed by atoms with Gasteiger partial charge >= 0.3 is 0 Å². The zero-order valence-corrected chi connectivity index (χ0v) is 9.16. The minimum absolute atomic E-state index is 0.638. The van der Waals surface area contributed by atoms with Gasteiger partial charge in [-0.1, -0.05) is 12.1 Å². The summed E-state index contributed by atoms with van der Waals surface area (Å²) in [5.41, 5.74) is 4.33. The molecular weight excluding hydrogens is 196 g/mol. The Morgan fingerprint density at radius 2 is 2.25 bits per heavy atom. The van der Waals surface area contributed by atoms with E-state index < -0.39 is 0 Å². The number of H-pyrrole nitrogens is 1. The third kappa shape index (κ3) is 1.05. The van der Waals surface area contributed by atoms with E-state index in [1.165, 1.54) is 34.9 Å². The minimum atomic E-state index is 0.638. The highest BCUT2D eigenvalue weighted by Gasteiger charge is 2.32. The Morgan fingerprint density at radius 3 is 3.25 bits per heavy atom. The van der Waals surface area contributed by atoms with Crippen molar-refractivity contribution in [3.8, 4) is 0 Å². The van der Waals surface area contributed by atoms with E-state index in [4.69, 9.17) is 0 Å². The summed E-state index contributed by atoms with van der Waals surface area (Å²) >= 11 is 0. The Bertz CT molecular complexity index is 541. The van der Waals surface area contributed by atoms with Crippen molar-refractivity contribution in [1.29, 1.82) is 0 Å². The fraction of sp³-hybridized carbons (Fsp3) is 0.357. The van der Waals surface area contributed by atoms with Gasteiger partial charge in [-0.25, -0.2) is 0 Å². The molecule has 1 unspecified atom stereocenters. The van der Waals surface area contributed by atoms with Gasteiger partial charge in [-0.05, 0) is 43.0 Å². The maximum atomic E-state index is 3.63. The average Bonchev–Trinajstić information content (AvgIpc) is 2.75. The summed E-state index contributed by atoms with van der Waals surface area (Å²) in [5, 5.41) is 5.11. The predicted octanol–water partition coefficient (Wildman–Crippen LogP) is 2.37. The molecule has 2 aliphatic rings. The molecule has 0 bridgehead atoms. The highest BCUT2D eigenvalue weighted by Crippen LogP contribution is 2.40. The number of fused-ring (bicyclic) bond motifs is 2. The van der Waals surface area contributed by atoms with Crippen LogP contribution in [0.1, 0.15) is 23.5 Å². The first kappa shape index (κ1) is 8.82. The molecular formula is C14H15N2. The maximum absolute atomic E-state index is 3.63. The van der Waals surface area contributed by atoms with Crippen molar-refractivity contribution in [1.82, 2.24) is 10.3 Å². The molecule has 2 heterocycles. The van der Waals surface area contributed by atoms with Gasteiger partial charge in [0.2, 0.25) is 0 Å². The van der Waals surface area contributed by atoms with Gasteiger partial charge in [-0.15, -0.1) is 0 Å². The highest BCUT2D eigenvalue weighted by atomic mass is 14.9. The van der Waals surface area contributed by atoms with Crippen LogP contribution in [0.15, 0.2) is 24.4 Å². The third-order valence-corrected chi connectivity index (χ3v) is 4.09. The van der Waals surface area contributed by atoms with E-state index >= 15 is 0 Å². The lowest BCUT2D eigenvalue weighted by molar-refractivity contribution is 0.390. The molecule has 2 aromatic rings. The Labute approximate surface area is 95.1 Å². The van der Waals surface area contributed by atoms with Crippen molar-refractivity contribution < 1.29 is 0 Å². The number of hydrogen-bond acceptors (Lipinski definition) is 1. The van der Waals surface area contributed by atoms with Crippen LogP contribution in [0.5, 0.6) is 0 Å². The van der Waals surface area contributed by atoms with Crippen molar-refractivity contribution in [2.75, 3.05) is 6.54 Å². The van der Waals surface area contributed by atoms with Gasteiger partial charge in [0.1, 0.15) is 0 Å². The van der Waals surface area contributed by atoms with Gasteiger partial charge in [0.15, 0.2) is 0 Å². The molecule has 2 nitrogen and oxygen atoms in total. The Morgan fingerprint density at radius 1 is 1.25 bits per heavy atom. The fourth-order valence-electron chi connectivity index (χ4n) is 3.36. The molecule has 1 radical (unpaired) electrons. The number of nitrogens with one attached hydrogen (secondary N) is 2. The van der Waals surface area contributed by atoms with Crippen molar-refractivity contribution in [3.63, 3.8) is 0 Å². The zero-order chi connectivity index (χ0) is 10.5. The molecule has 1 fully saturated rings. The van der Waals surface area contributed by atoms with Crippen LogP contribution in [-0.2, 0) is 6.42 Å². The number of benzene rings is 1. The molecule has 2 heteroatoms. The third-order valence-electron chi connectivity index (χ3n) is 4.09. The lowest BCUT2D eigenvalue weighted by Gasteiger charge is -2.36. The van der Waals surface area contributed by atoms with Crippen molar-refractivity contribution in [2.24, 2.45) is 0 Å². The lowest BCUT2D eigenvalue weighted by Crippen LogP contribution is -2.43. The Balaban J connectivity index is 1.98. The lowest BCUT2D eigenvalue weighted by atomic mass is 9.76. The molecule has 1 aromatic heterocycles.